The largest absolute Gasteiger partial charge is 0.325 e. The fraction of sp³-hybridized carbons (Fsp3) is 0.222. The first-order chi connectivity index (χ1) is 11.8. The van der Waals surface area contributed by atoms with E-state index >= 15 is 0 Å². The molecule has 4 nitrogen and oxygen atoms in total. The van der Waals surface area contributed by atoms with E-state index in [2.05, 4.69) is 5.32 Å². The predicted octanol–water partition coefficient (Wildman–Crippen LogP) is 4.95. The maximum Gasteiger partial charge on any atom is 0.229 e. The molecule has 25 heavy (non-hydrogen) atoms. The molecule has 3 rings (SSSR count). The van der Waals surface area contributed by atoms with Crippen molar-refractivity contribution in [3.8, 4) is 0 Å². The van der Waals surface area contributed by atoms with Crippen LogP contribution in [0.2, 0.25) is 15.1 Å². The normalized spacial score (nSPS) is 17.0. The highest BCUT2D eigenvalue weighted by atomic mass is 35.5. The molecule has 1 N–H and O–H groups in total. The van der Waals surface area contributed by atoms with Gasteiger partial charge in [-0.05, 0) is 42.8 Å². The molecule has 0 aromatic heterocycles. The third-order valence-corrected chi connectivity index (χ3v) is 5.03. The minimum Gasteiger partial charge on any atom is -0.325 e. The Hall–Kier alpha value is -1.75. The molecule has 130 valence electrons. The number of benzene rings is 2. The van der Waals surface area contributed by atoms with Gasteiger partial charge < -0.3 is 10.2 Å². The minimum absolute atomic E-state index is 0.135. The highest BCUT2D eigenvalue weighted by Gasteiger charge is 2.35. The Morgan fingerprint density at radius 3 is 2.52 bits per heavy atom. The molecule has 1 unspecified atom stereocenters. The summed E-state index contributed by atoms with van der Waals surface area (Å²) < 4.78 is 0. The monoisotopic (exact) mass is 396 g/mol. The summed E-state index contributed by atoms with van der Waals surface area (Å²) in [5.41, 5.74) is 2.03. The Morgan fingerprint density at radius 2 is 1.84 bits per heavy atom. The van der Waals surface area contributed by atoms with E-state index in [0.29, 0.717) is 26.4 Å². The molecule has 2 amide bonds. The fourth-order valence-corrected chi connectivity index (χ4v) is 3.49. The molecule has 1 aliphatic rings. The van der Waals surface area contributed by atoms with Gasteiger partial charge in [0.2, 0.25) is 11.8 Å². The van der Waals surface area contributed by atoms with Crippen LogP contribution in [0.15, 0.2) is 36.4 Å². The van der Waals surface area contributed by atoms with Crippen molar-refractivity contribution in [2.45, 2.75) is 13.3 Å². The lowest BCUT2D eigenvalue weighted by atomic mass is 10.1. The summed E-state index contributed by atoms with van der Waals surface area (Å²) in [5, 5.41) is 4.32. The van der Waals surface area contributed by atoms with Gasteiger partial charge >= 0.3 is 0 Å². The summed E-state index contributed by atoms with van der Waals surface area (Å²) in [4.78, 5) is 26.4. The molecule has 0 saturated carbocycles. The predicted molar refractivity (Wildman–Crippen MR) is 102 cm³/mol. The van der Waals surface area contributed by atoms with Crippen LogP contribution < -0.4 is 10.2 Å². The molecule has 0 bridgehead atoms. The zero-order chi connectivity index (χ0) is 18.1. The summed E-state index contributed by atoms with van der Waals surface area (Å²) >= 11 is 18.1. The van der Waals surface area contributed by atoms with E-state index in [1.54, 1.807) is 36.4 Å². The molecule has 0 spiro atoms. The zero-order valence-electron chi connectivity index (χ0n) is 13.4. The second kappa shape index (κ2) is 7.24. The lowest BCUT2D eigenvalue weighted by Crippen LogP contribution is -2.28. The van der Waals surface area contributed by atoms with Gasteiger partial charge in [0.1, 0.15) is 0 Å². The van der Waals surface area contributed by atoms with Crippen LogP contribution in [-0.4, -0.2) is 18.4 Å². The van der Waals surface area contributed by atoms with Crippen LogP contribution in [0.25, 0.3) is 0 Å². The first-order valence-corrected chi connectivity index (χ1v) is 8.81. The van der Waals surface area contributed by atoms with Gasteiger partial charge in [0.05, 0.1) is 5.92 Å². The number of carbonyl (C=O) groups is 2. The van der Waals surface area contributed by atoms with E-state index in [4.69, 9.17) is 34.8 Å². The maximum absolute atomic E-state index is 12.5. The molecule has 2 aromatic rings. The van der Waals surface area contributed by atoms with E-state index in [0.717, 1.165) is 5.56 Å². The van der Waals surface area contributed by atoms with Gasteiger partial charge in [-0.3, -0.25) is 9.59 Å². The van der Waals surface area contributed by atoms with Gasteiger partial charge in [0.15, 0.2) is 0 Å². The fourth-order valence-electron chi connectivity index (χ4n) is 2.81. The highest BCUT2D eigenvalue weighted by molar-refractivity contribution is 6.35. The molecular weight excluding hydrogens is 383 g/mol. The Bertz CT molecular complexity index is 834. The van der Waals surface area contributed by atoms with Crippen molar-refractivity contribution in [2.75, 3.05) is 16.8 Å². The van der Waals surface area contributed by atoms with Gasteiger partial charge in [-0.15, -0.1) is 0 Å². The van der Waals surface area contributed by atoms with E-state index in [-0.39, 0.29) is 24.8 Å². The topological polar surface area (TPSA) is 49.4 Å². The molecular formula is C18H15Cl3N2O2. The van der Waals surface area contributed by atoms with Crippen LogP contribution in [0, 0.1) is 12.8 Å². The smallest absolute Gasteiger partial charge is 0.229 e. The van der Waals surface area contributed by atoms with E-state index in [1.165, 1.54) is 4.90 Å². The summed E-state index contributed by atoms with van der Waals surface area (Å²) in [7, 11) is 0. The number of halogens is 3. The number of amides is 2. The molecule has 1 atom stereocenters. The lowest BCUT2D eigenvalue weighted by Gasteiger charge is -2.17. The molecule has 1 heterocycles. The molecule has 1 saturated heterocycles. The van der Waals surface area contributed by atoms with Gasteiger partial charge in [-0.25, -0.2) is 0 Å². The number of hydrogen-bond donors (Lipinski definition) is 1. The Kier molecular flexibility index (Phi) is 5.23. The van der Waals surface area contributed by atoms with Crippen molar-refractivity contribution in [3.63, 3.8) is 0 Å². The SMILES string of the molecule is Cc1c(Cl)cccc1NC(=O)C1CC(=O)N(c2cc(Cl)cc(Cl)c2)C1. The van der Waals surface area contributed by atoms with Crippen molar-refractivity contribution in [2.24, 2.45) is 5.92 Å². The van der Waals surface area contributed by atoms with Crippen LogP contribution in [0.5, 0.6) is 0 Å². The lowest BCUT2D eigenvalue weighted by molar-refractivity contribution is -0.122. The van der Waals surface area contributed by atoms with Crippen LogP contribution in [-0.2, 0) is 9.59 Å². The standard InChI is InChI=1S/C18H15Cl3N2O2/c1-10-15(21)3-2-4-16(10)22-18(25)11-5-17(24)23(9-11)14-7-12(19)6-13(20)8-14/h2-4,6-8,11H,5,9H2,1H3,(H,22,25). The van der Waals surface area contributed by atoms with Crippen molar-refractivity contribution in [3.05, 3.63) is 57.0 Å². The third kappa shape index (κ3) is 3.92. The summed E-state index contributed by atoms with van der Waals surface area (Å²) in [5.74, 6) is -0.806. The Labute approximate surface area is 160 Å². The van der Waals surface area contributed by atoms with Gasteiger partial charge in [-0.2, -0.15) is 0 Å². The number of anilines is 2. The second-order valence-electron chi connectivity index (χ2n) is 5.93. The van der Waals surface area contributed by atoms with Crippen LogP contribution >= 0.6 is 34.8 Å². The second-order valence-corrected chi connectivity index (χ2v) is 7.21. The quantitative estimate of drug-likeness (QED) is 0.797. The van der Waals surface area contributed by atoms with E-state index in [1.807, 2.05) is 6.92 Å². The molecule has 1 fully saturated rings. The highest BCUT2D eigenvalue weighted by Crippen LogP contribution is 2.31. The van der Waals surface area contributed by atoms with Crippen molar-refractivity contribution in [1.82, 2.24) is 0 Å². The summed E-state index contributed by atoms with van der Waals surface area (Å²) in [6.07, 6.45) is 0.135. The summed E-state index contributed by atoms with van der Waals surface area (Å²) in [6.45, 7) is 2.11. The Morgan fingerprint density at radius 1 is 1.16 bits per heavy atom. The molecule has 7 heteroatoms. The van der Waals surface area contributed by atoms with Gasteiger partial charge in [0.25, 0.3) is 0 Å². The molecule has 1 aliphatic heterocycles. The number of hydrogen-bond acceptors (Lipinski definition) is 2. The molecule has 0 aliphatic carbocycles. The van der Waals surface area contributed by atoms with Crippen LogP contribution in [0.1, 0.15) is 12.0 Å². The van der Waals surface area contributed by atoms with E-state index in [9.17, 15) is 9.59 Å². The van der Waals surface area contributed by atoms with Crippen LogP contribution in [0.3, 0.4) is 0 Å². The van der Waals surface area contributed by atoms with E-state index < -0.39 is 5.92 Å². The first kappa shape index (κ1) is 18.1. The summed E-state index contributed by atoms with van der Waals surface area (Å²) in [6, 6.07) is 10.2. The van der Waals surface area contributed by atoms with Crippen molar-refractivity contribution < 1.29 is 9.59 Å². The van der Waals surface area contributed by atoms with Gasteiger partial charge in [0, 0.05) is 39.4 Å². The van der Waals surface area contributed by atoms with Gasteiger partial charge in [-0.1, -0.05) is 40.9 Å². The number of nitrogens with zero attached hydrogens (tertiary/aromatic N) is 1. The average Bonchev–Trinajstić information content (AvgIpc) is 2.93. The molecule has 0 radical (unpaired) electrons. The number of nitrogens with one attached hydrogen (secondary N) is 1. The van der Waals surface area contributed by atoms with Crippen molar-refractivity contribution >= 4 is 58.0 Å². The number of rotatable bonds is 3. The van der Waals surface area contributed by atoms with Crippen molar-refractivity contribution in [1.29, 1.82) is 0 Å². The zero-order valence-corrected chi connectivity index (χ0v) is 15.6. The van der Waals surface area contributed by atoms with Crippen LogP contribution in [0.4, 0.5) is 11.4 Å². The third-order valence-electron chi connectivity index (χ3n) is 4.18. The number of carbonyl (C=O) groups excluding carboxylic acids is 2. The minimum atomic E-state index is -0.455. The maximum atomic E-state index is 12.5. The molecule has 2 aromatic carbocycles. The first-order valence-electron chi connectivity index (χ1n) is 7.67. The average molecular weight is 398 g/mol. The Balaban J connectivity index is 1.75.